The Balaban J connectivity index is 0.00000300. The number of carbonyl (C=O) groups excluding carboxylic acids is 1. The van der Waals surface area contributed by atoms with E-state index in [0.717, 1.165) is 38.0 Å². The van der Waals surface area contributed by atoms with Gasteiger partial charge in [-0.05, 0) is 50.6 Å². The first-order chi connectivity index (χ1) is 13.6. The van der Waals surface area contributed by atoms with Crippen molar-refractivity contribution in [3.63, 3.8) is 0 Å². The van der Waals surface area contributed by atoms with Crippen molar-refractivity contribution < 1.29 is 9.72 Å². The maximum atomic E-state index is 13.1. The third kappa shape index (κ3) is 6.40. The minimum atomic E-state index is -0.449. The summed E-state index contributed by atoms with van der Waals surface area (Å²) in [5.41, 5.74) is 1.14. The minimum absolute atomic E-state index is 0. The molecule has 9 heteroatoms. The highest BCUT2D eigenvalue weighted by atomic mass is 35.5. The van der Waals surface area contributed by atoms with Crippen molar-refractivity contribution in [3.8, 4) is 0 Å². The van der Waals surface area contributed by atoms with E-state index in [9.17, 15) is 14.9 Å². The van der Waals surface area contributed by atoms with Crippen molar-refractivity contribution in [3.05, 3.63) is 64.5 Å². The molecule has 1 aliphatic rings. The Hall–Kier alpha value is -2.71. The highest BCUT2D eigenvalue weighted by Gasteiger charge is 2.25. The SMILES string of the molecule is Cl.O=C(CNc1ccccc1[N+](=O)[O-])N(Cc1ccccn1)C1CCCNCC1. The van der Waals surface area contributed by atoms with Crippen LogP contribution >= 0.6 is 12.4 Å². The van der Waals surface area contributed by atoms with E-state index in [1.165, 1.54) is 6.07 Å². The molecule has 1 unspecified atom stereocenters. The summed E-state index contributed by atoms with van der Waals surface area (Å²) in [6.07, 6.45) is 4.54. The van der Waals surface area contributed by atoms with Gasteiger partial charge >= 0.3 is 0 Å². The van der Waals surface area contributed by atoms with Crippen LogP contribution in [0.1, 0.15) is 25.0 Å². The monoisotopic (exact) mass is 419 g/mol. The molecule has 1 aromatic carbocycles. The molecule has 1 atom stereocenters. The summed E-state index contributed by atoms with van der Waals surface area (Å²) < 4.78 is 0. The lowest BCUT2D eigenvalue weighted by Gasteiger charge is -2.31. The maximum Gasteiger partial charge on any atom is 0.292 e. The molecule has 1 aromatic heterocycles. The number of carbonyl (C=O) groups is 1. The molecule has 1 fully saturated rings. The number of nitro benzene ring substituents is 1. The second kappa shape index (κ2) is 11.3. The summed E-state index contributed by atoms with van der Waals surface area (Å²) in [6.45, 7) is 2.26. The number of benzene rings is 1. The second-order valence-electron chi connectivity index (χ2n) is 6.81. The van der Waals surface area contributed by atoms with Crippen molar-refractivity contribution in [1.29, 1.82) is 0 Å². The normalized spacial score (nSPS) is 16.2. The predicted molar refractivity (Wildman–Crippen MR) is 114 cm³/mol. The molecule has 0 aliphatic carbocycles. The van der Waals surface area contributed by atoms with Gasteiger partial charge in [-0.2, -0.15) is 0 Å². The van der Waals surface area contributed by atoms with E-state index in [4.69, 9.17) is 0 Å². The van der Waals surface area contributed by atoms with Gasteiger partial charge in [-0.25, -0.2) is 0 Å². The quantitative estimate of drug-likeness (QED) is 0.528. The zero-order chi connectivity index (χ0) is 19.8. The molecule has 0 spiro atoms. The zero-order valence-corrected chi connectivity index (χ0v) is 16.9. The summed E-state index contributed by atoms with van der Waals surface area (Å²) in [5, 5.41) is 17.5. The molecule has 2 heterocycles. The van der Waals surface area contributed by atoms with Crippen LogP contribution in [0.4, 0.5) is 11.4 Å². The molecular formula is C20H26ClN5O3. The molecule has 1 aliphatic heterocycles. The molecule has 0 saturated carbocycles. The number of halogens is 1. The average Bonchev–Trinajstić information content (AvgIpc) is 3.00. The summed E-state index contributed by atoms with van der Waals surface area (Å²) in [7, 11) is 0. The molecule has 156 valence electrons. The van der Waals surface area contributed by atoms with Crippen LogP contribution in [0.5, 0.6) is 0 Å². The fourth-order valence-electron chi connectivity index (χ4n) is 3.45. The van der Waals surface area contributed by atoms with E-state index in [-0.39, 0.29) is 36.6 Å². The van der Waals surface area contributed by atoms with Crippen molar-refractivity contribution >= 4 is 29.7 Å². The van der Waals surface area contributed by atoms with E-state index in [2.05, 4.69) is 15.6 Å². The highest BCUT2D eigenvalue weighted by Crippen LogP contribution is 2.23. The van der Waals surface area contributed by atoms with Crippen LogP contribution in [0.2, 0.25) is 0 Å². The largest absolute Gasteiger partial charge is 0.371 e. The number of nitrogens with one attached hydrogen (secondary N) is 2. The molecule has 2 N–H and O–H groups in total. The summed E-state index contributed by atoms with van der Waals surface area (Å²) in [4.78, 5) is 30.0. The number of nitrogens with zero attached hydrogens (tertiary/aromatic N) is 3. The topological polar surface area (TPSA) is 100 Å². The van der Waals surface area contributed by atoms with Gasteiger partial charge in [-0.3, -0.25) is 19.9 Å². The number of hydrogen-bond donors (Lipinski definition) is 2. The predicted octanol–water partition coefficient (Wildman–Crippen LogP) is 2.99. The first-order valence-corrected chi connectivity index (χ1v) is 9.52. The van der Waals surface area contributed by atoms with Crippen molar-refractivity contribution in [1.82, 2.24) is 15.2 Å². The van der Waals surface area contributed by atoms with Crippen LogP contribution in [-0.2, 0) is 11.3 Å². The fraction of sp³-hybridized carbons (Fsp3) is 0.400. The van der Waals surface area contributed by atoms with Gasteiger partial charge < -0.3 is 15.5 Å². The number of aromatic nitrogens is 1. The van der Waals surface area contributed by atoms with Crippen molar-refractivity contribution in [2.75, 3.05) is 25.0 Å². The standard InChI is InChI=1S/C20H25N5O3.ClH/c26-20(14-23-18-8-1-2-9-19(18)25(27)28)24(15-16-6-3-4-12-22-16)17-7-5-11-21-13-10-17;/h1-4,6,8-9,12,17,21,23H,5,7,10-11,13-15H2;1H. The number of anilines is 1. The number of amides is 1. The van der Waals surface area contributed by atoms with Gasteiger partial charge in [0.25, 0.3) is 5.69 Å². The van der Waals surface area contributed by atoms with Gasteiger partial charge in [-0.15, -0.1) is 12.4 Å². The van der Waals surface area contributed by atoms with E-state index >= 15 is 0 Å². The average molecular weight is 420 g/mol. The summed E-state index contributed by atoms with van der Waals surface area (Å²) in [5.74, 6) is -0.0873. The van der Waals surface area contributed by atoms with Gasteiger partial charge in [0.15, 0.2) is 0 Å². The molecular weight excluding hydrogens is 394 g/mol. The van der Waals surface area contributed by atoms with Crippen LogP contribution in [-0.4, -0.2) is 46.4 Å². The number of nitro groups is 1. The molecule has 2 aromatic rings. The smallest absolute Gasteiger partial charge is 0.292 e. The van der Waals surface area contributed by atoms with E-state index in [1.807, 2.05) is 23.1 Å². The van der Waals surface area contributed by atoms with E-state index in [1.54, 1.807) is 24.4 Å². The number of pyridine rings is 1. The summed E-state index contributed by atoms with van der Waals surface area (Å²) >= 11 is 0. The minimum Gasteiger partial charge on any atom is -0.371 e. The van der Waals surface area contributed by atoms with Crippen LogP contribution in [0.3, 0.4) is 0 Å². The van der Waals surface area contributed by atoms with E-state index in [0.29, 0.717) is 12.2 Å². The Morgan fingerprint density at radius 3 is 2.76 bits per heavy atom. The van der Waals surface area contributed by atoms with Crippen LogP contribution < -0.4 is 10.6 Å². The Morgan fingerprint density at radius 2 is 2.00 bits per heavy atom. The van der Waals surface area contributed by atoms with Crippen molar-refractivity contribution in [2.24, 2.45) is 0 Å². The maximum absolute atomic E-state index is 13.1. The lowest BCUT2D eigenvalue weighted by molar-refractivity contribution is -0.383. The molecule has 0 radical (unpaired) electrons. The molecule has 1 saturated heterocycles. The van der Waals surface area contributed by atoms with Crippen LogP contribution in [0.25, 0.3) is 0 Å². The van der Waals surface area contributed by atoms with Gasteiger partial charge in [-0.1, -0.05) is 18.2 Å². The van der Waals surface area contributed by atoms with Gasteiger partial charge in [0, 0.05) is 18.3 Å². The first kappa shape index (κ1) is 22.6. The third-order valence-corrected chi connectivity index (χ3v) is 4.90. The second-order valence-corrected chi connectivity index (χ2v) is 6.81. The van der Waals surface area contributed by atoms with Gasteiger partial charge in [0.2, 0.25) is 5.91 Å². The van der Waals surface area contributed by atoms with Crippen LogP contribution in [0.15, 0.2) is 48.7 Å². The molecule has 3 rings (SSSR count). The number of rotatable bonds is 7. The zero-order valence-electron chi connectivity index (χ0n) is 16.1. The highest BCUT2D eigenvalue weighted by molar-refractivity contribution is 5.85. The van der Waals surface area contributed by atoms with Crippen LogP contribution in [0, 0.1) is 10.1 Å². The molecule has 8 nitrogen and oxygen atoms in total. The Labute approximate surface area is 176 Å². The van der Waals surface area contributed by atoms with E-state index < -0.39 is 4.92 Å². The molecule has 29 heavy (non-hydrogen) atoms. The Kier molecular flexibility index (Phi) is 8.82. The Morgan fingerprint density at radius 1 is 1.21 bits per heavy atom. The number of hydrogen-bond acceptors (Lipinski definition) is 6. The number of para-hydroxylation sites is 2. The van der Waals surface area contributed by atoms with Gasteiger partial charge in [0.1, 0.15) is 5.69 Å². The lowest BCUT2D eigenvalue weighted by atomic mass is 10.1. The first-order valence-electron chi connectivity index (χ1n) is 9.52. The fourth-order valence-corrected chi connectivity index (χ4v) is 3.45. The molecule has 1 amide bonds. The lowest BCUT2D eigenvalue weighted by Crippen LogP contribution is -2.43. The van der Waals surface area contributed by atoms with Crippen molar-refractivity contribution in [2.45, 2.75) is 31.8 Å². The van der Waals surface area contributed by atoms with Gasteiger partial charge in [0.05, 0.1) is 23.7 Å². The summed E-state index contributed by atoms with van der Waals surface area (Å²) in [6, 6.07) is 12.1. The Bertz CT molecular complexity index is 798. The third-order valence-electron chi connectivity index (χ3n) is 4.90. The molecule has 0 bridgehead atoms.